The SMILES string of the molecule is CCCOC(=O)c1ccc(NC(=S)NC(=O)/C=C/c2ccc(C)o2)cc1. The van der Waals surface area contributed by atoms with Crippen LogP contribution in [0.25, 0.3) is 6.08 Å². The van der Waals surface area contributed by atoms with Gasteiger partial charge in [-0.15, -0.1) is 0 Å². The minimum absolute atomic E-state index is 0.150. The summed E-state index contributed by atoms with van der Waals surface area (Å²) >= 11 is 5.10. The Hall–Kier alpha value is -2.93. The van der Waals surface area contributed by atoms with Gasteiger partial charge in [-0.2, -0.15) is 0 Å². The van der Waals surface area contributed by atoms with Gasteiger partial charge in [-0.1, -0.05) is 6.92 Å². The topological polar surface area (TPSA) is 80.6 Å². The van der Waals surface area contributed by atoms with E-state index in [-0.39, 0.29) is 17.0 Å². The predicted molar refractivity (Wildman–Crippen MR) is 104 cm³/mol. The predicted octanol–water partition coefficient (Wildman–Crippen LogP) is 3.68. The van der Waals surface area contributed by atoms with Crippen molar-refractivity contribution < 1.29 is 18.7 Å². The van der Waals surface area contributed by atoms with Crippen LogP contribution in [-0.2, 0) is 9.53 Å². The molecule has 2 rings (SSSR count). The van der Waals surface area contributed by atoms with E-state index in [9.17, 15) is 9.59 Å². The molecule has 0 bridgehead atoms. The molecule has 0 saturated carbocycles. The van der Waals surface area contributed by atoms with Gasteiger partial charge in [-0.3, -0.25) is 10.1 Å². The highest BCUT2D eigenvalue weighted by atomic mass is 32.1. The number of furan rings is 1. The van der Waals surface area contributed by atoms with Crippen LogP contribution in [0.2, 0.25) is 0 Å². The molecule has 2 N–H and O–H groups in total. The Kier molecular flexibility index (Phi) is 7.11. The molecule has 1 aromatic heterocycles. The van der Waals surface area contributed by atoms with Crippen LogP contribution in [-0.4, -0.2) is 23.6 Å². The van der Waals surface area contributed by atoms with Crippen molar-refractivity contribution in [1.82, 2.24) is 5.32 Å². The van der Waals surface area contributed by atoms with E-state index in [1.54, 1.807) is 36.4 Å². The quantitative estimate of drug-likeness (QED) is 0.457. The minimum Gasteiger partial charge on any atom is -0.462 e. The Morgan fingerprint density at radius 3 is 2.54 bits per heavy atom. The van der Waals surface area contributed by atoms with Gasteiger partial charge in [0.15, 0.2) is 5.11 Å². The second kappa shape index (κ2) is 9.53. The van der Waals surface area contributed by atoms with Gasteiger partial charge in [0.05, 0.1) is 12.2 Å². The monoisotopic (exact) mass is 372 g/mol. The summed E-state index contributed by atoms with van der Waals surface area (Å²) in [6, 6.07) is 10.2. The van der Waals surface area contributed by atoms with Gasteiger partial charge < -0.3 is 14.5 Å². The molecule has 26 heavy (non-hydrogen) atoms. The Morgan fingerprint density at radius 2 is 1.92 bits per heavy atom. The lowest BCUT2D eigenvalue weighted by atomic mass is 10.2. The number of aryl methyl sites for hydroxylation is 1. The number of amides is 1. The van der Waals surface area contributed by atoms with E-state index < -0.39 is 0 Å². The molecule has 0 saturated heterocycles. The third-order valence-electron chi connectivity index (χ3n) is 3.21. The van der Waals surface area contributed by atoms with Gasteiger partial charge >= 0.3 is 5.97 Å². The molecular formula is C19H20N2O4S. The molecule has 0 unspecified atom stereocenters. The number of thiocarbonyl (C=S) groups is 1. The smallest absolute Gasteiger partial charge is 0.338 e. The van der Waals surface area contributed by atoms with E-state index in [2.05, 4.69) is 10.6 Å². The van der Waals surface area contributed by atoms with Crippen molar-refractivity contribution in [1.29, 1.82) is 0 Å². The van der Waals surface area contributed by atoms with Gasteiger partial charge in [-0.05, 0) is 68.0 Å². The maximum Gasteiger partial charge on any atom is 0.338 e. The van der Waals surface area contributed by atoms with Crippen molar-refractivity contribution in [3.63, 3.8) is 0 Å². The molecule has 0 fully saturated rings. The standard InChI is InChI=1S/C19H20N2O4S/c1-3-12-24-18(23)14-5-7-15(8-6-14)20-19(26)21-17(22)11-10-16-9-4-13(2)25-16/h4-11H,3,12H2,1-2H3,(H2,20,21,22,26)/b11-10+. The zero-order valence-electron chi connectivity index (χ0n) is 14.6. The normalized spacial score (nSPS) is 10.5. The van der Waals surface area contributed by atoms with Crippen LogP contribution in [0.3, 0.4) is 0 Å². The van der Waals surface area contributed by atoms with Crippen molar-refractivity contribution in [2.45, 2.75) is 20.3 Å². The molecule has 0 radical (unpaired) electrons. The van der Waals surface area contributed by atoms with E-state index in [1.807, 2.05) is 19.9 Å². The van der Waals surface area contributed by atoms with Crippen molar-refractivity contribution >= 4 is 41.0 Å². The molecule has 0 atom stereocenters. The van der Waals surface area contributed by atoms with Crippen LogP contribution in [0.4, 0.5) is 5.69 Å². The second-order valence-corrected chi connectivity index (χ2v) is 5.85. The third kappa shape index (κ3) is 6.18. The molecule has 0 spiro atoms. The summed E-state index contributed by atoms with van der Waals surface area (Å²) < 4.78 is 10.4. The van der Waals surface area contributed by atoms with Gasteiger partial charge in [-0.25, -0.2) is 4.79 Å². The Morgan fingerprint density at radius 1 is 1.19 bits per heavy atom. The molecule has 2 aromatic rings. The number of nitrogens with one attached hydrogen (secondary N) is 2. The van der Waals surface area contributed by atoms with E-state index in [4.69, 9.17) is 21.4 Å². The summed E-state index contributed by atoms with van der Waals surface area (Å²) in [7, 11) is 0. The van der Waals surface area contributed by atoms with Crippen molar-refractivity contribution in [3.8, 4) is 0 Å². The minimum atomic E-state index is -0.378. The fourth-order valence-corrected chi connectivity index (χ4v) is 2.20. The zero-order valence-corrected chi connectivity index (χ0v) is 15.4. The highest BCUT2D eigenvalue weighted by Crippen LogP contribution is 2.11. The number of carbonyl (C=O) groups excluding carboxylic acids is 2. The number of benzene rings is 1. The maximum atomic E-state index is 11.8. The average Bonchev–Trinajstić information content (AvgIpc) is 3.04. The Balaban J connectivity index is 1.84. The highest BCUT2D eigenvalue weighted by Gasteiger charge is 2.07. The van der Waals surface area contributed by atoms with Crippen LogP contribution < -0.4 is 10.6 Å². The van der Waals surface area contributed by atoms with Crippen molar-refractivity contribution in [3.05, 3.63) is 59.6 Å². The third-order valence-corrected chi connectivity index (χ3v) is 3.42. The first-order chi connectivity index (χ1) is 12.5. The fraction of sp³-hybridized carbons (Fsp3) is 0.211. The number of anilines is 1. The number of esters is 1. The summed E-state index contributed by atoms with van der Waals surface area (Å²) in [4.78, 5) is 23.6. The lowest BCUT2D eigenvalue weighted by Crippen LogP contribution is -2.32. The highest BCUT2D eigenvalue weighted by molar-refractivity contribution is 7.80. The van der Waals surface area contributed by atoms with Crippen LogP contribution in [0.1, 0.15) is 35.2 Å². The Labute approximate surface area is 157 Å². The summed E-state index contributed by atoms with van der Waals surface area (Å²) in [5.74, 6) is 0.607. The lowest BCUT2D eigenvalue weighted by Gasteiger charge is -2.09. The fourth-order valence-electron chi connectivity index (χ4n) is 1.98. The molecule has 0 aliphatic heterocycles. The first kappa shape index (κ1) is 19.4. The van der Waals surface area contributed by atoms with E-state index in [0.717, 1.165) is 12.2 Å². The summed E-state index contributed by atoms with van der Waals surface area (Å²) in [5, 5.41) is 5.56. The average molecular weight is 372 g/mol. The van der Waals surface area contributed by atoms with Crippen molar-refractivity contribution in [2.75, 3.05) is 11.9 Å². The summed E-state index contributed by atoms with van der Waals surface area (Å²) in [6.45, 7) is 4.14. The first-order valence-corrected chi connectivity index (χ1v) is 8.52. The number of hydrogen-bond acceptors (Lipinski definition) is 5. The van der Waals surface area contributed by atoms with Crippen LogP contribution >= 0.6 is 12.2 Å². The molecule has 1 heterocycles. The number of ether oxygens (including phenoxy) is 1. The zero-order chi connectivity index (χ0) is 18.9. The number of hydrogen-bond donors (Lipinski definition) is 2. The van der Waals surface area contributed by atoms with Gasteiger partial charge in [0.2, 0.25) is 5.91 Å². The van der Waals surface area contributed by atoms with Gasteiger partial charge in [0, 0.05) is 11.8 Å². The second-order valence-electron chi connectivity index (χ2n) is 5.44. The molecule has 6 nitrogen and oxygen atoms in total. The number of carbonyl (C=O) groups is 2. The molecule has 0 aliphatic rings. The molecule has 0 aliphatic carbocycles. The first-order valence-electron chi connectivity index (χ1n) is 8.11. The Bertz CT molecular complexity index is 809. The van der Waals surface area contributed by atoms with E-state index >= 15 is 0 Å². The van der Waals surface area contributed by atoms with E-state index in [0.29, 0.717) is 23.6 Å². The molecule has 136 valence electrons. The summed E-state index contributed by atoms with van der Waals surface area (Å²) in [6.07, 6.45) is 3.66. The van der Waals surface area contributed by atoms with Gasteiger partial charge in [0.25, 0.3) is 0 Å². The molecule has 1 aromatic carbocycles. The maximum absolute atomic E-state index is 11.8. The molecule has 1 amide bonds. The number of rotatable bonds is 6. The van der Waals surface area contributed by atoms with E-state index in [1.165, 1.54) is 6.08 Å². The van der Waals surface area contributed by atoms with Crippen LogP contribution in [0.5, 0.6) is 0 Å². The molecule has 7 heteroatoms. The van der Waals surface area contributed by atoms with Crippen molar-refractivity contribution in [2.24, 2.45) is 0 Å². The van der Waals surface area contributed by atoms with Crippen LogP contribution in [0.15, 0.2) is 46.9 Å². The molecular weight excluding hydrogens is 352 g/mol. The summed E-state index contributed by atoms with van der Waals surface area (Å²) in [5.41, 5.74) is 1.10. The van der Waals surface area contributed by atoms with Gasteiger partial charge in [0.1, 0.15) is 11.5 Å². The lowest BCUT2D eigenvalue weighted by molar-refractivity contribution is -0.115. The largest absolute Gasteiger partial charge is 0.462 e. The van der Waals surface area contributed by atoms with Crippen LogP contribution in [0, 0.1) is 6.92 Å².